The van der Waals surface area contributed by atoms with Crippen LogP contribution in [0.3, 0.4) is 0 Å². The Balaban J connectivity index is 4.10. The highest BCUT2D eigenvalue weighted by molar-refractivity contribution is 7.91. The second kappa shape index (κ2) is 7.23. The molecule has 15 heavy (non-hydrogen) atoms. The van der Waals surface area contributed by atoms with E-state index in [2.05, 4.69) is 26.1 Å². The molecule has 4 heteroatoms. The van der Waals surface area contributed by atoms with Crippen molar-refractivity contribution in [3.63, 3.8) is 0 Å². The average Bonchev–Trinajstić information content (AvgIpc) is 2.14. The van der Waals surface area contributed by atoms with Gasteiger partial charge in [0.15, 0.2) is 9.84 Å². The van der Waals surface area contributed by atoms with Crippen LogP contribution in [0.15, 0.2) is 0 Å². The van der Waals surface area contributed by atoms with Gasteiger partial charge in [-0.3, -0.25) is 0 Å². The maximum atomic E-state index is 11.7. The van der Waals surface area contributed by atoms with E-state index in [-0.39, 0.29) is 11.8 Å². The van der Waals surface area contributed by atoms with Gasteiger partial charge in [-0.25, -0.2) is 8.42 Å². The summed E-state index contributed by atoms with van der Waals surface area (Å²) < 4.78 is 23.5. The maximum absolute atomic E-state index is 11.7. The van der Waals surface area contributed by atoms with Gasteiger partial charge in [-0.2, -0.15) is 0 Å². The van der Waals surface area contributed by atoms with Crippen molar-refractivity contribution in [3.05, 3.63) is 0 Å². The first-order valence-electron chi connectivity index (χ1n) is 5.79. The van der Waals surface area contributed by atoms with Crippen LogP contribution in [-0.4, -0.2) is 33.0 Å². The first-order valence-corrected chi connectivity index (χ1v) is 7.61. The lowest BCUT2D eigenvalue weighted by Gasteiger charge is -2.15. The third kappa shape index (κ3) is 7.79. The predicted octanol–water partition coefficient (Wildman–Crippen LogP) is 1.84. The highest BCUT2D eigenvalue weighted by Crippen LogP contribution is 2.07. The number of hydrogen-bond donors (Lipinski definition) is 1. The largest absolute Gasteiger partial charge is 0.316 e. The van der Waals surface area contributed by atoms with Crippen molar-refractivity contribution in [3.8, 4) is 0 Å². The van der Waals surface area contributed by atoms with Crippen LogP contribution in [-0.2, 0) is 9.84 Å². The van der Waals surface area contributed by atoms with Crippen LogP contribution in [0.5, 0.6) is 0 Å². The van der Waals surface area contributed by atoms with Gasteiger partial charge in [-0.05, 0) is 25.8 Å². The smallest absolute Gasteiger partial charge is 0.151 e. The summed E-state index contributed by atoms with van der Waals surface area (Å²) in [5.74, 6) is 1.07. The number of hydrogen-bond acceptors (Lipinski definition) is 3. The van der Waals surface area contributed by atoms with Crippen molar-refractivity contribution in [2.45, 2.75) is 46.1 Å². The minimum atomic E-state index is -2.87. The third-order valence-corrected chi connectivity index (χ3v) is 4.27. The van der Waals surface area contributed by atoms with Crippen LogP contribution < -0.4 is 5.32 Å². The van der Waals surface area contributed by atoms with Crippen molar-refractivity contribution in [1.82, 2.24) is 5.32 Å². The lowest BCUT2D eigenvalue weighted by Crippen LogP contribution is -2.34. The summed E-state index contributed by atoms with van der Waals surface area (Å²) in [5, 5.41) is 3.07. The zero-order valence-electron chi connectivity index (χ0n) is 10.4. The molecular formula is C11H25NO2S. The number of rotatable bonds is 8. The van der Waals surface area contributed by atoms with Gasteiger partial charge in [0, 0.05) is 6.04 Å². The van der Waals surface area contributed by atoms with E-state index in [0.29, 0.717) is 11.7 Å². The standard InChI is InChI=1S/C11H25NO2S/c1-5-6-11(12-4)9-15(13,14)8-7-10(2)3/h10-12H,5-9H2,1-4H3. The molecule has 1 unspecified atom stereocenters. The summed E-state index contributed by atoms with van der Waals surface area (Å²) in [6, 6.07) is 0.118. The van der Waals surface area contributed by atoms with Crippen molar-refractivity contribution in [2.24, 2.45) is 5.92 Å². The minimum Gasteiger partial charge on any atom is -0.316 e. The Kier molecular flexibility index (Phi) is 7.18. The summed E-state index contributed by atoms with van der Waals surface area (Å²) in [6.45, 7) is 6.18. The average molecular weight is 235 g/mol. The number of sulfone groups is 1. The molecule has 0 bridgehead atoms. The van der Waals surface area contributed by atoms with E-state index in [1.807, 2.05) is 7.05 Å². The van der Waals surface area contributed by atoms with Crippen LogP contribution in [0.1, 0.15) is 40.0 Å². The van der Waals surface area contributed by atoms with E-state index >= 15 is 0 Å². The van der Waals surface area contributed by atoms with E-state index in [1.54, 1.807) is 0 Å². The third-order valence-electron chi connectivity index (χ3n) is 2.51. The fraction of sp³-hybridized carbons (Fsp3) is 1.00. The quantitative estimate of drug-likeness (QED) is 0.698. The van der Waals surface area contributed by atoms with Crippen LogP contribution >= 0.6 is 0 Å². The molecular weight excluding hydrogens is 210 g/mol. The zero-order chi connectivity index (χ0) is 11.9. The fourth-order valence-corrected chi connectivity index (χ4v) is 3.41. The predicted molar refractivity (Wildman–Crippen MR) is 65.9 cm³/mol. The molecule has 0 spiro atoms. The summed E-state index contributed by atoms with van der Waals surface area (Å²) in [6.07, 6.45) is 2.72. The second-order valence-electron chi connectivity index (χ2n) is 4.57. The molecule has 0 aromatic heterocycles. The fourth-order valence-electron chi connectivity index (χ4n) is 1.46. The van der Waals surface area contributed by atoms with E-state index < -0.39 is 9.84 Å². The molecule has 0 heterocycles. The van der Waals surface area contributed by atoms with Gasteiger partial charge in [-0.1, -0.05) is 27.2 Å². The maximum Gasteiger partial charge on any atom is 0.151 e. The molecule has 0 aliphatic carbocycles. The molecule has 1 atom stereocenters. The van der Waals surface area contributed by atoms with Gasteiger partial charge < -0.3 is 5.32 Å². The monoisotopic (exact) mass is 235 g/mol. The van der Waals surface area contributed by atoms with Gasteiger partial charge in [0.05, 0.1) is 11.5 Å². The van der Waals surface area contributed by atoms with Gasteiger partial charge in [0.2, 0.25) is 0 Å². The van der Waals surface area contributed by atoms with Crippen LogP contribution in [0.4, 0.5) is 0 Å². The molecule has 92 valence electrons. The van der Waals surface area contributed by atoms with E-state index in [9.17, 15) is 8.42 Å². The molecule has 0 rings (SSSR count). The Morgan fingerprint density at radius 1 is 1.20 bits per heavy atom. The molecule has 3 nitrogen and oxygen atoms in total. The molecule has 0 amide bonds. The Bertz CT molecular complexity index is 247. The van der Waals surface area contributed by atoms with E-state index in [0.717, 1.165) is 19.3 Å². The van der Waals surface area contributed by atoms with Gasteiger partial charge in [-0.15, -0.1) is 0 Å². The lowest BCUT2D eigenvalue weighted by atomic mass is 10.2. The molecule has 0 aliphatic heterocycles. The zero-order valence-corrected chi connectivity index (χ0v) is 11.2. The summed E-state index contributed by atoms with van der Waals surface area (Å²) in [7, 11) is -1.04. The molecule has 0 saturated heterocycles. The van der Waals surface area contributed by atoms with Gasteiger partial charge in [0.1, 0.15) is 0 Å². The van der Waals surface area contributed by atoms with Crippen molar-refractivity contribution in [1.29, 1.82) is 0 Å². The highest BCUT2D eigenvalue weighted by Gasteiger charge is 2.17. The van der Waals surface area contributed by atoms with Gasteiger partial charge >= 0.3 is 0 Å². The van der Waals surface area contributed by atoms with Crippen molar-refractivity contribution < 1.29 is 8.42 Å². The van der Waals surface area contributed by atoms with Crippen LogP contribution in [0.25, 0.3) is 0 Å². The van der Waals surface area contributed by atoms with Crippen LogP contribution in [0, 0.1) is 5.92 Å². The summed E-state index contributed by atoms with van der Waals surface area (Å²) >= 11 is 0. The lowest BCUT2D eigenvalue weighted by molar-refractivity contribution is 0.530. The minimum absolute atomic E-state index is 0.118. The Morgan fingerprint density at radius 2 is 1.80 bits per heavy atom. The van der Waals surface area contributed by atoms with E-state index in [4.69, 9.17) is 0 Å². The Hall–Kier alpha value is -0.0900. The topological polar surface area (TPSA) is 46.2 Å². The van der Waals surface area contributed by atoms with Crippen LogP contribution in [0.2, 0.25) is 0 Å². The molecule has 0 radical (unpaired) electrons. The van der Waals surface area contributed by atoms with E-state index in [1.165, 1.54) is 0 Å². The van der Waals surface area contributed by atoms with Crippen molar-refractivity contribution >= 4 is 9.84 Å². The molecule has 0 aliphatic rings. The van der Waals surface area contributed by atoms with Gasteiger partial charge in [0.25, 0.3) is 0 Å². The SMILES string of the molecule is CCCC(CS(=O)(=O)CCC(C)C)NC. The Labute approximate surface area is 94.6 Å². The first kappa shape index (κ1) is 14.9. The summed E-state index contributed by atoms with van der Waals surface area (Å²) in [5.41, 5.74) is 0. The molecule has 0 aromatic carbocycles. The Morgan fingerprint density at radius 3 is 2.20 bits per heavy atom. The highest BCUT2D eigenvalue weighted by atomic mass is 32.2. The summed E-state index contributed by atoms with van der Waals surface area (Å²) in [4.78, 5) is 0. The molecule has 0 aromatic rings. The molecule has 0 fully saturated rings. The number of nitrogens with one attached hydrogen (secondary N) is 1. The molecule has 0 saturated carbocycles. The van der Waals surface area contributed by atoms with Crippen molar-refractivity contribution in [2.75, 3.05) is 18.6 Å². The molecule has 1 N–H and O–H groups in total. The normalized spacial score (nSPS) is 14.5. The first-order chi connectivity index (χ1) is 6.91. The second-order valence-corrected chi connectivity index (χ2v) is 6.80.